The molecule has 0 radical (unpaired) electrons. The van der Waals surface area contributed by atoms with Crippen LogP contribution >= 0.6 is 22.6 Å². The Morgan fingerprint density at radius 1 is 1.57 bits per heavy atom. The summed E-state index contributed by atoms with van der Waals surface area (Å²) in [5.74, 6) is -0.220. The zero-order chi connectivity index (χ0) is 10.6. The van der Waals surface area contributed by atoms with Crippen LogP contribution in [-0.4, -0.2) is 0 Å². The Hall–Kier alpha value is -0.420. The Bertz CT molecular complexity index is 325. The molecule has 14 heavy (non-hydrogen) atoms. The van der Waals surface area contributed by atoms with Gasteiger partial charge in [0.2, 0.25) is 0 Å². The molecule has 0 fully saturated rings. The van der Waals surface area contributed by atoms with Gasteiger partial charge in [0.05, 0.1) is 0 Å². The number of hydrogen-bond acceptors (Lipinski definition) is 1. The normalized spacial score (nSPS) is 12.5. The second kappa shape index (κ2) is 5.46. The van der Waals surface area contributed by atoms with E-state index in [9.17, 15) is 4.39 Å². The van der Waals surface area contributed by atoms with Crippen LogP contribution in [0.25, 0.3) is 0 Å². The first-order valence-electron chi connectivity index (χ1n) is 4.46. The fraction of sp³-hybridized carbons (Fsp3) is 0.273. The lowest BCUT2D eigenvalue weighted by Gasteiger charge is -2.12. The van der Waals surface area contributed by atoms with Crippen molar-refractivity contribution in [3.63, 3.8) is 0 Å². The summed E-state index contributed by atoms with van der Waals surface area (Å²) in [7, 11) is 0. The SMILES string of the molecule is C=CCC[C@@H](N)c1cc(I)ccc1F. The van der Waals surface area contributed by atoms with E-state index < -0.39 is 0 Å². The second-order valence-electron chi connectivity index (χ2n) is 3.14. The molecule has 1 nitrogen and oxygen atoms in total. The van der Waals surface area contributed by atoms with Gasteiger partial charge in [-0.15, -0.1) is 6.58 Å². The van der Waals surface area contributed by atoms with Gasteiger partial charge in [-0.1, -0.05) is 6.08 Å². The Kier molecular flexibility index (Phi) is 4.54. The summed E-state index contributed by atoms with van der Waals surface area (Å²) in [5.41, 5.74) is 6.46. The van der Waals surface area contributed by atoms with Crippen molar-refractivity contribution in [3.8, 4) is 0 Å². The Balaban J connectivity index is 2.82. The molecule has 2 N–H and O–H groups in total. The minimum Gasteiger partial charge on any atom is -0.324 e. The van der Waals surface area contributed by atoms with Crippen molar-refractivity contribution in [3.05, 3.63) is 45.8 Å². The molecule has 0 heterocycles. The van der Waals surface area contributed by atoms with Crippen LogP contribution in [0.1, 0.15) is 24.4 Å². The molecule has 0 spiro atoms. The van der Waals surface area contributed by atoms with E-state index in [1.165, 1.54) is 6.07 Å². The molecule has 0 unspecified atom stereocenters. The van der Waals surface area contributed by atoms with Gasteiger partial charge in [-0.3, -0.25) is 0 Å². The third-order valence-corrected chi connectivity index (χ3v) is 2.71. The molecular formula is C11H13FIN. The molecular weight excluding hydrogens is 292 g/mol. The van der Waals surface area contributed by atoms with Crippen LogP contribution in [0.15, 0.2) is 30.9 Å². The quantitative estimate of drug-likeness (QED) is 0.669. The molecule has 1 aromatic rings. The number of nitrogens with two attached hydrogens (primary N) is 1. The summed E-state index contributed by atoms with van der Waals surface area (Å²) in [4.78, 5) is 0. The minimum atomic E-state index is -0.234. The van der Waals surface area contributed by atoms with Crippen molar-refractivity contribution in [2.45, 2.75) is 18.9 Å². The van der Waals surface area contributed by atoms with Crippen LogP contribution in [0, 0.1) is 9.39 Å². The minimum absolute atomic E-state index is 0.220. The summed E-state index contributed by atoms with van der Waals surface area (Å²) in [6.45, 7) is 3.62. The van der Waals surface area contributed by atoms with Crippen LogP contribution in [-0.2, 0) is 0 Å². The fourth-order valence-corrected chi connectivity index (χ4v) is 1.77. The topological polar surface area (TPSA) is 26.0 Å². The predicted octanol–water partition coefficient (Wildman–Crippen LogP) is 3.40. The van der Waals surface area contributed by atoms with E-state index in [1.54, 1.807) is 18.2 Å². The molecule has 0 saturated carbocycles. The zero-order valence-corrected chi connectivity index (χ0v) is 10.00. The number of halogens is 2. The van der Waals surface area contributed by atoms with Crippen molar-refractivity contribution in [2.24, 2.45) is 5.73 Å². The maximum atomic E-state index is 13.3. The zero-order valence-electron chi connectivity index (χ0n) is 7.84. The van der Waals surface area contributed by atoms with E-state index in [1.807, 2.05) is 0 Å². The van der Waals surface area contributed by atoms with Gasteiger partial charge in [0.15, 0.2) is 0 Å². The van der Waals surface area contributed by atoms with E-state index in [2.05, 4.69) is 29.2 Å². The number of hydrogen-bond donors (Lipinski definition) is 1. The first-order valence-corrected chi connectivity index (χ1v) is 5.54. The van der Waals surface area contributed by atoms with Gasteiger partial charge in [0.1, 0.15) is 5.82 Å². The van der Waals surface area contributed by atoms with Crippen molar-refractivity contribution in [2.75, 3.05) is 0 Å². The highest BCUT2D eigenvalue weighted by Gasteiger charge is 2.10. The van der Waals surface area contributed by atoms with Crippen LogP contribution in [0.3, 0.4) is 0 Å². The van der Waals surface area contributed by atoms with E-state index in [4.69, 9.17) is 5.73 Å². The van der Waals surface area contributed by atoms with Crippen molar-refractivity contribution in [1.29, 1.82) is 0 Å². The summed E-state index contributed by atoms with van der Waals surface area (Å²) < 4.78 is 14.3. The lowest BCUT2D eigenvalue weighted by Crippen LogP contribution is -2.11. The van der Waals surface area contributed by atoms with Crippen molar-refractivity contribution >= 4 is 22.6 Å². The molecule has 0 amide bonds. The van der Waals surface area contributed by atoms with E-state index in [0.29, 0.717) is 5.56 Å². The first-order chi connectivity index (χ1) is 6.65. The van der Waals surface area contributed by atoms with Gasteiger partial charge in [-0.25, -0.2) is 4.39 Å². The lowest BCUT2D eigenvalue weighted by molar-refractivity contribution is 0.566. The number of benzene rings is 1. The van der Waals surface area contributed by atoms with E-state index >= 15 is 0 Å². The second-order valence-corrected chi connectivity index (χ2v) is 4.38. The van der Waals surface area contributed by atoms with Crippen LogP contribution in [0.4, 0.5) is 4.39 Å². The van der Waals surface area contributed by atoms with Crippen LogP contribution in [0.5, 0.6) is 0 Å². The van der Waals surface area contributed by atoms with E-state index in [0.717, 1.165) is 16.4 Å². The predicted molar refractivity (Wildman–Crippen MR) is 65.5 cm³/mol. The van der Waals surface area contributed by atoms with Gasteiger partial charge in [-0.2, -0.15) is 0 Å². The maximum Gasteiger partial charge on any atom is 0.128 e. The smallest absolute Gasteiger partial charge is 0.128 e. The van der Waals surface area contributed by atoms with Crippen molar-refractivity contribution < 1.29 is 4.39 Å². The Labute approximate surface area is 97.3 Å². The molecule has 76 valence electrons. The van der Waals surface area contributed by atoms with Gasteiger partial charge in [-0.05, 0) is 53.6 Å². The molecule has 0 aromatic heterocycles. The highest BCUT2D eigenvalue weighted by molar-refractivity contribution is 14.1. The first kappa shape index (κ1) is 11.7. The molecule has 1 atom stereocenters. The average molecular weight is 305 g/mol. The van der Waals surface area contributed by atoms with Crippen molar-refractivity contribution in [1.82, 2.24) is 0 Å². The summed E-state index contributed by atoms with van der Waals surface area (Å²) in [5, 5.41) is 0. The standard InChI is InChI=1S/C11H13FIN/c1-2-3-4-11(14)9-7-8(13)5-6-10(9)12/h2,5-7,11H,1,3-4,14H2/t11-/m1/s1. The number of allylic oxidation sites excluding steroid dienone is 1. The Morgan fingerprint density at radius 2 is 2.29 bits per heavy atom. The van der Waals surface area contributed by atoms with Gasteiger partial charge in [0, 0.05) is 15.2 Å². The maximum absolute atomic E-state index is 13.3. The average Bonchev–Trinajstić information content (AvgIpc) is 2.18. The third kappa shape index (κ3) is 3.06. The van der Waals surface area contributed by atoms with Gasteiger partial charge < -0.3 is 5.73 Å². The Morgan fingerprint density at radius 3 is 2.93 bits per heavy atom. The molecule has 0 bridgehead atoms. The summed E-state index contributed by atoms with van der Waals surface area (Å²) in [6.07, 6.45) is 3.35. The van der Waals surface area contributed by atoms with E-state index in [-0.39, 0.29) is 11.9 Å². The fourth-order valence-electron chi connectivity index (χ4n) is 1.25. The highest BCUT2D eigenvalue weighted by atomic mass is 127. The third-order valence-electron chi connectivity index (χ3n) is 2.04. The lowest BCUT2D eigenvalue weighted by atomic mass is 10.0. The highest BCUT2D eigenvalue weighted by Crippen LogP contribution is 2.21. The molecule has 0 aliphatic carbocycles. The van der Waals surface area contributed by atoms with Gasteiger partial charge in [0.25, 0.3) is 0 Å². The molecule has 3 heteroatoms. The molecule has 1 rings (SSSR count). The van der Waals surface area contributed by atoms with Gasteiger partial charge >= 0.3 is 0 Å². The largest absolute Gasteiger partial charge is 0.324 e. The molecule has 0 saturated heterocycles. The molecule has 0 aliphatic rings. The summed E-state index contributed by atoms with van der Waals surface area (Å²) >= 11 is 2.15. The molecule has 0 aliphatic heterocycles. The number of rotatable bonds is 4. The van der Waals surface area contributed by atoms with Crippen LogP contribution in [0.2, 0.25) is 0 Å². The monoisotopic (exact) mass is 305 g/mol. The summed E-state index contributed by atoms with van der Waals surface area (Å²) in [6, 6.07) is 4.76. The van der Waals surface area contributed by atoms with Crippen LogP contribution < -0.4 is 5.73 Å². The molecule has 1 aromatic carbocycles.